The molecule has 3 aromatic rings. The Bertz CT molecular complexity index is 1060. The number of hydrogen-bond acceptors (Lipinski definition) is 5. The lowest BCUT2D eigenvalue weighted by atomic mass is 10.2. The molecule has 1 aromatic carbocycles. The molecule has 0 unspecified atom stereocenters. The van der Waals surface area contributed by atoms with E-state index in [1.165, 1.54) is 23.4 Å². The number of aromatic amines is 1. The Balaban J connectivity index is 1.57. The van der Waals surface area contributed by atoms with Crippen LogP contribution < -0.4 is 10.9 Å². The Kier molecular flexibility index (Phi) is 7.46. The zero-order valence-corrected chi connectivity index (χ0v) is 18.4. The van der Waals surface area contributed by atoms with Crippen LogP contribution in [0.1, 0.15) is 41.6 Å². The molecule has 30 heavy (non-hydrogen) atoms. The van der Waals surface area contributed by atoms with E-state index < -0.39 is 0 Å². The topological polar surface area (TPSA) is 92.7 Å². The van der Waals surface area contributed by atoms with Crippen molar-refractivity contribution in [2.24, 2.45) is 0 Å². The van der Waals surface area contributed by atoms with Crippen molar-refractivity contribution >= 4 is 17.7 Å². The van der Waals surface area contributed by atoms with Crippen molar-refractivity contribution < 1.29 is 4.79 Å². The summed E-state index contributed by atoms with van der Waals surface area (Å²) in [6.07, 6.45) is 1.66. The van der Waals surface area contributed by atoms with Gasteiger partial charge in [-0.3, -0.25) is 14.3 Å². The highest BCUT2D eigenvalue weighted by atomic mass is 32.2. The van der Waals surface area contributed by atoms with Gasteiger partial charge in [-0.2, -0.15) is 5.10 Å². The Morgan fingerprint density at radius 2 is 2.00 bits per heavy atom. The molecule has 2 N–H and O–H groups in total. The average Bonchev–Trinajstić information content (AvgIpc) is 2.98. The molecule has 7 nitrogen and oxygen atoms in total. The van der Waals surface area contributed by atoms with Gasteiger partial charge in [0.05, 0.1) is 18.0 Å². The third-order valence-electron chi connectivity index (χ3n) is 4.79. The first-order valence-corrected chi connectivity index (χ1v) is 11.0. The van der Waals surface area contributed by atoms with Gasteiger partial charge < -0.3 is 10.3 Å². The number of H-pyrrole nitrogens is 1. The van der Waals surface area contributed by atoms with Crippen LogP contribution in [0.4, 0.5) is 0 Å². The van der Waals surface area contributed by atoms with Crippen LogP contribution in [0, 0.1) is 13.8 Å². The molecule has 2 aromatic heterocycles. The lowest BCUT2D eigenvalue weighted by molar-refractivity contribution is -0.118. The number of thioether (sulfide) groups is 1. The number of amides is 1. The number of nitrogens with zero attached hydrogens (tertiary/aromatic N) is 3. The van der Waals surface area contributed by atoms with Gasteiger partial charge in [-0.15, -0.1) is 0 Å². The number of hydrogen-bond donors (Lipinski definition) is 2. The average molecular weight is 426 g/mol. The molecule has 0 saturated carbocycles. The number of rotatable bonds is 9. The van der Waals surface area contributed by atoms with E-state index in [-0.39, 0.29) is 17.2 Å². The van der Waals surface area contributed by atoms with Gasteiger partial charge in [-0.25, -0.2) is 4.98 Å². The molecule has 0 spiro atoms. The van der Waals surface area contributed by atoms with Gasteiger partial charge in [0.1, 0.15) is 0 Å². The SMILES string of the molecule is CCCc1cc(=O)[nH]c(SCC(=O)NCc2c(C)nn(Cc3ccccc3)c2C)n1. The second-order valence-electron chi connectivity index (χ2n) is 7.15. The van der Waals surface area contributed by atoms with Gasteiger partial charge in [-0.1, -0.05) is 55.4 Å². The van der Waals surface area contributed by atoms with Gasteiger partial charge in [0, 0.05) is 29.6 Å². The summed E-state index contributed by atoms with van der Waals surface area (Å²) in [5.74, 6) is 0.0764. The van der Waals surface area contributed by atoms with E-state index >= 15 is 0 Å². The van der Waals surface area contributed by atoms with E-state index in [0.717, 1.165) is 35.5 Å². The standard InChI is InChI=1S/C22H27N5O2S/c1-4-8-18-11-20(28)25-22(24-18)30-14-21(29)23-12-19-15(2)26-27(16(19)3)13-17-9-6-5-7-10-17/h5-7,9-11H,4,8,12-14H2,1-3H3,(H,23,29)(H,24,25,28). The number of nitrogens with one attached hydrogen (secondary N) is 2. The predicted molar refractivity (Wildman–Crippen MR) is 119 cm³/mol. The lowest BCUT2D eigenvalue weighted by Gasteiger charge is -2.08. The van der Waals surface area contributed by atoms with E-state index in [0.29, 0.717) is 18.2 Å². The molecule has 2 heterocycles. The van der Waals surface area contributed by atoms with Crippen molar-refractivity contribution in [2.75, 3.05) is 5.75 Å². The van der Waals surface area contributed by atoms with Gasteiger partial charge in [-0.05, 0) is 25.8 Å². The van der Waals surface area contributed by atoms with Crippen molar-refractivity contribution in [3.63, 3.8) is 0 Å². The maximum Gasteiger partial charge on any atom is 0.251 e. The minimum absolute atomic E-state index is 0.113. The Morgan fingerprint density at radius 1 is 1.23 bits per heavy atom. The van der Waals surface area contributed by atoms with Crippen LogP contribution in [0.3, 0.4) is 0 Å². The predicted octanol–water partition coefficient (Wildman–Crippen LogP) is 2.99. The van der Waals surface area contributed by atoms with Crippen molar-refractivity contribution in [2.45, 2.75) is 51.9 Å². The van der Waals surface area contributed by atoms with Crippen LogP contribution in [0.2, 0.25) is 0 Å². The minimum Gasteiger partial charge on any atom is -0.351 e. The molecule has 158 valence electrons. The molecular weight excluding hydrogens is 398 g/mol. The van der Waals surface area contributed by atoms with Crippen LogP contribution in [0.25, 0.3) is 0 Å². The summed E-state index contributed by atoms with van der Waals surface area (Å²) in [6.45, 7) is 7.14. The van der Waals surface area contributed by atoms with E-state index in [2.05, 4.69) is 32.5 Å². The van der Waals surface area contributed by atoms with Crippen LogP contribution >= 0.6 is 11.8 Å². The summed E-state index contributed by atoms with van der Waals surface area (Å²) in [7, 11) is 0. The monoisotopic (exact) mass is 425 g/mol. The maximum atomic E-state index is 12.3. The Hall–Kier alpha value is -2.87. The summed E-state index contributed by atoms with van der Waals surface area (Å²) >= 11 is 1.23. The zero-order chi connectivity index (χ0) is 21.5. The number of benzene rings is 1. The number of carbonyl (C=O) groups excluding carboxylic acids is 1. The molecule has 0 saturated heterocycles. The van der Waals surface area contributed by atoms with Gasteiger partial charge in [0.25, 0.3) is 5.56 Å². The molecule has 0 aliphatic carbocycles. The second kappa shape index (κ2) is 10.2. The first-order valence-electron chi connectivity index (χ1n) is 10.0. The fourth-order valence-electron chi connectivity index (χ4n) is 3.21. The summed E-state index contributed by atoms with van der Waals surface area (Å²) < 4.78 is 1.97. The Morgan fingerprint density at radius 3 is 2.73 bits per heavy atom. The first kappa shape index (κ1) is 21.8. The molecule has 0 aliphatic rings. The number of aromatic nitrogens is 4. The van der Waals surface area contributed by atoms with E-state index in [1.54, 1.807) is 0 Å². The quantitative estimate of drug-likeness (QED) is 0.406. The van der Waals surface area contributed by atoms with Crippen molar-refractivity contribution in [3.8, 4) is 0 Å². The maximum absolute atomic E-state index is 12.3. The largest absolute Gasteiger partial charge is 0.351 e. The molecular formula is C22H27N5O2S. The highest BCUT2D eigenvalue weighted by Gasteiger charge is 2.13. The third kappa shape index (κ3) is 5.82. The van der Waals surface area contributed by atoms with Crippen LogP contribution in [0.15, 0.2) is 46.3 Å². The van der Waals surface area contributed by atoms with Crippen LogP contribution in [0.5, 0.6) is 0 Å². The van der Waals surface area contributed by atoms with Crippen molar-refractivity contribution in [1.82, 2.24) is 25.1 Å². The van der Waals surface area contributed by atoms with Crippen LogP contribution in [-0.2, 0) is 24.3 Å². The molecule has 3 rings (SSSR count). The summed E-state index contributed by atoms with van der Waals surface area (Å²) in [6, 6.07) is 11.7. The fourth-order valence-corrected chi connectivity index (χ4v) is 3.93. The zero-order valence-electron chi connectivity index (χ0n) is 17.6. The third-order valence-corrected chi connectivity index (χ3v) is 5.66. The highest BCUT2D eigenvalue weighted by Crippen LogP contribution is 2.15. The molecule has 8 heteroatoms. The minimum atomic E-state index is -0.187. The molecule has 0 radical (unpaired) electrons. The van der Waals surface area contributed by atoms with Gasteiger partial charge >= 0.3 is 0 Å². The molecule has 0 fully saturated rings. The van der Waals surface area contributed by atoms with E-state index in [9.17, 15) is 9.59 Å². The number of aryl methyl sites for hydroxylation is 2. The Labute approximate surface area is 180 Å². The van der Waals surface area contributed by atoms with Crippen LogP contribution in [-0.4, -0.2) is 31.4 Å². The molecule has 0 atom stereocenters. The molecule has 0 bridgehead atoms. The van der Waals surface area contributed by atoms with Gasteiger partial charge in [0.2, 0.25) is 5.91 Å². The summed E-state index contributed by atoms with van der Waals surface area (Å²) in [5, 5.41) is 8.05. The smallest absolute Gasteiger partial charge is 0.251 e. The summed E-state index contributed by atoms with van der Waals surface area (Å²) in [4.78, 5) is 31.1. The fraction of sp³-hybridized carbons (Fsp3) is 0.364. The van der Waals surface area contributed by atoms with Gasteiger partial charge in [0.15, 0.2) is 5.16 Å². The van der Waals surface area contributed by atoms with E-state index in [1.807, 2.05) is 43.7 Å². The molecule has 0 aliphatic heterocycles. The first-order chi connectivity index (χ1) is 14.5. The second-order valence-corrected chi connectivity index (χ2v) is 8.11. The molecule has 1 amide bonds. The van der Waals surface area contributed by atoms with Crippen molar-refractivity contribution in [3.05, 3.63) is 75.0 Å². The number of carbonyl (C=O) groups is 1. The van der Waals surface area contributed by atoms with Crippen molar-refractivity contribution in [1.29, 1.82) is 0 Å². The highest BCUT2D eigenvalue weighted by molar-refractivity contribution is 7.99. The van der Waals surface area contributed by atoms with E-state index in [4.69, 9.17) is 0 Å². The lowest BCUT2D eigenvalue weighted by Crippen LogP contribution is -2.25. The normalized spacial score (nSPS) is 10.9. The summed E-state index contributed by atoms with van der Waals surface area (Å²) in [5.41, 5.74) is 4.73.